The van der Waals surface area contributed by atoms with Gasteiger partial charge in [-0.25, -0.2) is 4.79 Å². The van der Waals surface area contributed by atoms with Crippen molar-refractivity contribution in [3.63, 3.8) is 0 Å². The average Bonchev–Trinajstić information content (AvgIpc) is 3.22. The minimum atomic E-state index is -2.01. The molecule has 1 heterocycles. The number of nitrogens with zero attached hydrogens (tertiary/aromatic N) is 1. The summed E-state index contributed by atoms with van der Waals surface area (Å²) in [6.07, 6.45) is -1.25. The molecule has 1 aromatic heterocycles. The van der Waals surface area contributed by atoms with Crippen molar-refractivity contribution < 1.29 is 19.2 Å². The van der Waals surface area contributed by atoms with E-state index in [2.05, 4.69) is 10.6 Å². The van der Waals surface area contributed by atoms with Crippen molar-refractivity contribution in [2.24, 2.45) is 0 Å². The molecule has 0 radical (unpaired) electrons. The second-order valence-electron chi connectivity index (χ2n) is 6.84. The SMILES string of the molecule is CCOC(=O)c1c(-c2ccccc2)csc1N[C@@H](NC(=O)c1ccc([N+](=O)[O-])cc1)C(Cl)(Cl)Cl. The molecular formula is C22H18Cl3N3O5S. The standard InChI is InChI=1S/C22H18Cl3N3O5S/c1-2-33-20(30)17-16(13-6-4-3-5-7-13)12-34-19(17)27-21(22(23,24)25)26-18(29)14-8-10-15(11-9-14)28(31)32/h3-12,21,27H,2H2,1H3,(H,26,29)/t21-/m1/s1. The third kappa shape index (κ3) is 6.18. The number of non-ortho nitro benzene ring substituents is 1. The van der Waals surface area contributed by atoms with Gasteiger partial charge in [0.1, 0.15) is 16.7 Å². The Balaban J connectivity index is 1.92. The summed E-state index contributed by atoms with van der Waals surface area (Å²) >= 11 is 19.5. The van der Waals surface area contributed by atoms with E-state index in [0.717, 1.165) is 5.56 Å². The van der Waals surface area contributed by atoms with E-state index in [1.165, 1.54) is 35.6 Å². The predicted molar refractivity (Wildman–Crippen MR) is 134 cm³/mol. The minimum absolute atomic E-state index is 0.119. The van der Waals surface area contributed by atoms with Gasteiger partial charge in [0.15, 0.2) is 0 Å². The fraction of sp³-hybridized carbons (Fsp3) is 0.182. The van der Waals surface area contributed by atoms with Crippen LogP contribution in [-0.4, -0.2) is 33.4 Å². The summed E-state index contributed by atoms with van der Waals surface area (Å²) in [7, 11) is 0. The zero-order valence-electron chi connectivity index (χ0n) is 17.6. The number of nitro groups is 1. The molecule has 0 saturated carbocycles. The van der Waals surface area contributed by atoms with Crippen molar-refractivity contribution in [2.75, 3.05) is 11.9 Å². The van der Waals surface area contributed by atoms with Gasteiger partial charge in [-0.15, -0.1) is 11.3 Å². The highest BCUT2D eigenvalue weighted by Gasteiger charge is 2.36. The fourth-order valence-electron chi connectivity index (χ4n) is 2.98. The number of amides is 1. The summed E-state index contributed by atoms with van der Waals surface area (Å²) < 4.78 is 3.21. The second-order valence-corrected chi connectivity index (χ2v) is 10.1. The van der Waals surface area contributed by atoms with Crippen molar-refractivity contribution in [2.45, 2.75) is 16.9 Å². The van der Waals surface area contributed by atoms with Crippen molar-refractivity contribution >= 4 is 68.7 Å². The van der Waals surface area contributed by atoms with Crippen molar-refractivity contribution in [1.29, 1.82) is 0 Å². The number of alkyl halides is 3. The molecule has 3 aromatic rings. The van der Waals surface area contributed by atoms with Crippen LogP contribution in [0.3, 0.4) is 0 Å². The number of hydrogen-bond acceptors (Lipinski definition) is 7. The van der Waals surface area contributed by atoms with E-state index in [0.29, 0.717) is 10.6 Å². The van der Waals surface area contributed by atoms with E-state index in [9.17, 15) is 19.7 Å². The van der Waals surface area contributed by atoms with Crippen LogP contribution in [0.15, 0.2) is 60.0 Å². The monoisotopic (exact) mass is 541 g/mol. The first-order valence-corrected chi connectivity index (χ1v) is 11.9. The summed E-state index contributed by atoms with van der Waals surface area (Å²) in [6, 6.07) is 14.2. The number of rotatable bonds is 8. The molecule has 2 aromatic carbocycles. The number of hydrogen-bond donors (Lipinski definition) is 2. The molecule has 0 aliphatic carbocycles. The predicted octanol–water partition coefficient (Wildman–Crippen LogP) is 6.04. The highest BCUT2D eigenvalue weighted by atomic mass is 35.6. The maximum absolute atomic E-state index is 12.8. The number of halogens is 3. The minimum Gasteiger partial charge on any atom is -0.462 e. The number of anilines is 1. The quantitative estimate of drug-likeness (QED) is 0.118. The zero-order valence-corrected chi connectivity index (χ0v) is 20.7. The molecule has 8 nitrogen and oxygen atoms in total. The molecule has 34 heavy (non-hydrogen) atoms. The first-order chi connectivity index (χ1) is 16.1. The Morgan fingerprint density at radius 1 is 1.12 bits per heavy atom. The molecule has 0 bridgehead atoms. The van der Waals surface area contributed by atoms with Crippen LogP contribution in [0.1, 0.15) is 27.6 Å². The van der Waals surface area contributed by atoms with E-state index in [-0.39, 0.29) is 23.4 Å². The number of carbonyl (C=O) groups excluding carboxylic acids is 2. The lowest BCUT2D eigenvalue weighted by Crippen LogP contribution is -2.49. The van der Waals surface area contributed by atoms with Crippen molar-refractivity contribution in [1.82, 2.24) is 5.32 Å². The third-order valence-electron chi connectivity index (χ3n) is 4.57. The Kier molecular flexibility index (Phi) is 8.37. The van der Waals surface area contributed by atoms with Gasteiger partial charge in [-0.2, -0.15) is 0 Å². The number of benzene rings is 2. The van der Waals surface area contributed by atoms with Crippen LogP contribution in [0.4, 0.5) is 10.7 Å². The molecule has 0 fully saturated rings. The Morgan fingerprint density at radius 2 is 1.76 bits per heavy atom. The molecule has 3 rings (SSSR count). The molecule has 0 aliphatic rings. The molecule has 12 heteroatoms. The van der Waals surface area contributed by atoms with Gasteiger partial charge in [0.25, 0.3) is 11.6 Å². The summed E-state index contributed by atoms with van der Waals surface area (Å²) in [6.45, 7) is 1.85. The number of ether oxygens (including phenoxy) is 1. The van der Waals surface area contributed by atoms with Crippen LogP contribution >= 0.6 is 46.1 Å². The molecule has 0 saturated heterocycles. The topological polar surface area (TPSA) is 111 Å². The van der Waals surface area contributed by atoms with Crippen molar-refractivity contribution in [3.8, 4) is 11.1 Å². The van der Waals surface area contributed by atoms with E-state index in [4.69, 9.17) is 39.5 Å². The van der Waals surface area contributed by atoms with Gasteiger partial charge in [0.05, 0.1) is 11.5 Å². The number of carbonyl (C=O) groups is 2. The van der Waals surface area contributed by atoms with Gasteiger partial charge in [0, 0.05) is 28.6 Å². The van der Waals surface area contributed by atoms with E-state index >= 15 is 0 Å². The summed E-state index contributed by atoms with van der Waals surface area (Å²) in [5.74, 6) is -1.22. The molecule has 0 spiro atoms. The summed E-state index contributed by atoms with van der Waals surface area (Å²) in [5, 5.41) is 18.4. The fourth-order valence-corrected chi connectivity index (χ4v) is 4.29. The van der Waals surface area contributed by atoms with Gasteiger partial charge in [0.2, 0.25) is 3.79 Å². The maximum Gasteiger partial charge on any atom is 0.341 e. The molecule has 0 aliphatic heterocycles. The Labute approximate surface area is 213 Å². The van der Waals surface area contributed by atoms with E-state index < -0.39 is 26.8 Å². The first-order valence-electron chi connectivity index (χ1n) is 9.84. The summed E-state index contributed by atoms with van der Waals surface area (Å²) in [5.41, 5.74) is 1.60. The van der Waals surface area contributed by atoms with Gasteiger partial charge < -0.3 is 15.4 Å². The van der Waals surface area contributed by atoms with Crippen LogP contribution in [0.2, 0.25) is 0 Å². The van der Waals surface area contributed by atoms with Crippen LogP contribution in [0.5, 0.6) is 0 Å². The van der Waals surface area contributed by atoms with Gasteiger partial charge in [-0.3, -0.25) is 14.9 Å². The Bertz CT molecular complexity index is 1180. The van der Waals surface area contributed by atoms with Crippen LogP contribution < -0.4 is 10.6 Å². The molecule has 2 N–H and O–H groups in total. The van der Waals surface area contributed by atoms with E-state index in [1.54, 1.807) is 12.3 Å². The zero-order chi connectivity index (χ0) is 24.9. The number of esters is 1. The average molecular weight is 543 g/mol. The van der Waals surface area contributed by atoms with Gasteiger partial charge in [-0.1, -0.05) is 65.1 Å². The highest BCUT2D eigenvalue weighted by Crippen LogP contribution is 2.39. The van der Waals surface area contributed by atoms with Crippen LogP contribution in [0.25, 0.3) is 11.1 Å². The third-order valence-corrected chi connectivity index (χ3v) is 6.14. The Morgan fingerprint density at radius 3 is 2.32 bits per heavy atom. The lowest BCUT2D eigenvalue weighted by molar-refractivity contribution is -0.384. The number of nitro benzene ring substituents is 1. The molecule has 1 atom stereocenters. The van der Waals surface area contributed by atoms with Gasteiger partial charge >= 0.3 is 5.97 Å². The number of thiophene rings is 1. The maximum atomic E-state index is 12.8. The molecule has 0 unspecified atom stereocenters. The van der Waals surface area contributed by atoms with Crippen molar-refractivity contribution in [3.05, 3.63) is 81.2 Å². The smallest absolute Gasteiger partial charge is 0.341 e. The Hall–Kier alpha value is -2.85. The molecular weight excluding hydrogens is 525 g/mol. The molecule has 1 amide bonds. The lowest BCUT2D eigenvalue weighted by Gasteiger charge is -2.27. The van der Waals surface area contributed by atoms with E-state index in [1.807, 2.05) is 30.3 Å². The largest absolute Gasteiger partial charge is 0.462 e. The molecule has 178 valence electrons. The normalized spacial score (nSPS) is 12.0. The van der Waals surface area contributed by atoms with Crippen LogP contribution in [-0.2, 0) is 4.74 Å². The van der Waals surface area contributed by atoms with Gasteiger partial charge in [-0.05, 0) is 24.6 Å². The summed E-state index contributed by atoms with van der Waals surface area (Å²) in [4.78, 5) is 35.8. The lowest BCUT2D eigenvalue weighted by atomic mass is 10.0. The second kappa shape index (κ2) is 11.1. The first kappa shape index (κ1) is 25.8. The highest BCUT2D eigenvalue weighted by molar-refractivity contribution is 7.15. The number of nitrogens with one attached hydrogen (secondary N) is 2. The van der Waals surface area contributed by atoms with Crippen LogP contribution in [0, 0.1) is 10.1 Å².